The van der Waals surface area contributed by atoms with Gasteiger partial charge in [-0.05, 0) is 67.6 Å². The zero-order valence-corrected chi connectivity index (χ0v) is 16.3. The lowest BCUT2D eigenvalue weighted by Crippen LogP contribution is -2.20. The van der Waals surface area contributed by atoms with Crippen LogP contribution in [0.15, 0.2) is 54.9 Å². The standard InChI is InChI=1S/C23H24N4O/c1-16-5-10-21(13-17(16)2)26-22(28)19-8-6-18(7-9-19)20-14-24-23(25-15-20)27-11-3-4-12-27/h5-10,13-15H,3-4,11-12H2,1-2H3,(H,26,28). The Balaban J connectivity index is 1.45. The van der Waals surface area contributed by atoms with Crippen molar-refractivity contribution in [3.63, 3.8) is 0 Å². The number of hydrogen-bond acceptors (Lipinski definition) is 4. The molecular weight excluding hydrogens is 348 g/mol. The second-order valence-electron chi connectivity index (χ2n) is 7.30. The number of aryl methyl sites for hydroxylation is 2. The number of hydrogen-bond donors (Lipinski definition) is 1. The van der Waals surface area contributed by atoms with Gasteiger partial charge in [0, 0.05) is 42.3 Å². The first-order valence-electron chi connectivity index (χ1n) is 9.66. The van der Waals surface area contributed by atoms with Crippen LogP contribution in [0.2, 0.25) is 0 Å². The van der Waals surface area contributed by atoms with Crippen LogP contribution in [0, 0.1) is 13.8 Å². The molecule has 1 fully saturated rings. The first-order valence-corrected chi connectivity index (χ1v) is 9.66. The molecule has 1 aliphatic rings. The van der Waals surface area contributed by atoms with E-state index in [9.17, 15) is 4.79 Å². The molecule has 28 heavy (non-hydrogen) atoms. The van der Waals surface area contributed by atoms with Gasteiger partial charge in [-0.1, -0.05) is 18.2 Å². The Hall–Kier alpha value is -3.21. The highest BCUT2D eigenvalue weighted by atomic mass is 16.1. The van der Waals surface area contributed by atoms with Crippen molar-refractivity contribution in [2.45, 2.75) is 26.7 Å². The fourth-order valence-electron chi connectivity index (χ4n) is 3.39. The van der Waals surface area contributed by atoms with Crippen molar-refractivity contribution in [1.82, 2.24) is 9.97 Å². The molecule has 0 radical (unpaired) electrons. The van der Waals surface area contributed by atoms with Crippen LogP contribution in [0.1, 0.15) is 34.3 Å². The highest BCUT2D eigenvalue weighted by Gasteiger charge is 2.14. The topological polar surface area (TPSA) is 58.1 Å². The zero-order chi connectivity index (χ0) is 19.5. The summed E-state index contributed by atoms with van der Waals surface area (Å²) in [7, 11) is 0. The molecule has 1 aliphatic heterocycles. The van der Waals surface area contributed by atoms with Crippen LogP contribution in [0.25, 0.3) is 11.1 Å². The molecule has 0 saturated carbocycles. The number of anilines is 2. The molecule has 5 nitrogen and oxygen atoms in total. The molecular formula is C23H24N4O. The summed E-state index contributed by atoms with van der Waals surface area (Å²) in [6.07, 6.45) is 6.11. The number of nitrogens with one attached hydrogen (secondary N) is 1. The first kappa shape index (κ1) is 18.2. The molecule has 1 saturated heterocycles. The van der Waals surface area contributed by atoms with Gasteiger partial charge >= 0.3 is 0 Å². The van der Waals surface area contributed by atoms with Crippen LogP contribution in [0.4, 0.5) is 11.6 Å². The fraction of sp³-hybridized carbons (Fsp3) is 0.261. The second-order valence-corrected chi connectivity index (χ2v) is 7.30. The fourth-order valence-corrected chi connectivity index (χ4v) is 3.39. The number of rotatable bonds is 4. The molecule has 1 amide bonds. The van der Waals surface area contributed by atoms with Gasteiger partial charge in [0.15, 0.2) is 0 Å². The molecule has 0 spiro atoms. The molecule has 2 heterocycles. The zero-order valence-electron chi connectivity index (χ0n) is 16.3. The van der Waals surface area contributed by atoms with E-state index in [4.69, 9.17) is 0 Å². The third-order valence-corrected chi connectivity index (χ3v) is 5.27. The Labute approximate surface area is 165 Å². The maximum absolute atomic E-state index is 12.5. The van der Waals surface area contributed by atoms with E-state index in [1.54, 1.807) is 0 Å². The van der Waals surface area contributed by atoms with Crippen molar-refractivity contribution in [2.75, 3.05) is 23.3 Å². The van der Waals surface area contributed by atoms with Crippen LogP contribution in [0.5, 0.6) is 0 Å². The van der Waals surface area contributed by atoms with Gasteiger partial charge in [-0.15, -0.1) is 0 Å². The molecule has 0 bridgehead atoms. The van der Waals surface area contributed by atoms with E-state index in [2.05, 4.69) is 27.1 Å². The summed E-state index contributed by atoms with van der Waals surface area (Å²) in [4.78, 5) is 23.7. The summed E-state index contributed by atoms with van der Waals surface area (Å²) >= 11 is 0. The first-order chi connectivity index (χ1) is 13.6. The second kappa shape index (κ2) is 7.80. The average Bonchev–Trinajstić information content (AvgIpc) is 3.26. The van der Waals surface area contributed by atoms with Gasteiger partial charge in [-0.3, -0.25) is 4.79 Å². The van der Waals surface area contributed by atoms with Crippen molar-refractivity contribution in [3.8, 4) is 11.1 Å². The van der Waals surface area contributed by atoms with E-state index in [1.807, 2.05) is 61.8 Å². The Morgan fingerprint density at radius 3 is 2.21 bits per heavy atom. The van der Waals surface area contributed by atoms with Gasteiger partial charge in [-0.2, -0.15) is 0 Å². The molecule has 2 aromatic carbocycles. The molecule has 3 aromatic rings. The Morgan fingerprint density at radius 2 is 1.57 bits per heavy atom. The van der Waals surface area contributed by atoms with E-state index in [0.29, 0.717) is 5.56 Å². The monoisotopic (exact) mass is 372 g/mol. The molecule has 0 unspecified atom stereocenters. The summed E-state index contributed by atoms with van der Waals surface area (Å²) in [6.45, 7) is 6.16. The predicted octanol–water partition coefficient (Wildman–Crippen LogP) is 4.61. The van der Waals surface area contributed by atoms with Gasteiger partial charge < -0.3 is 10.2 Å². The summed E-state index contributed by atoms with van der Waals surface area (Å²) in [5.74, 6) is 0.682. The van der Waals surface area contributed by atoms with Crippen LogP contribution in [-0.4, -0.2) is 29.0 Å². The largest absolute Gasteiger partial charge is 0.341 e. The summed E-state index contributed by atoms with van der Waals surface area (Å²) in [5.41, 5.74) is 5.74. The van der Waals surface area contributed by atoms with Crippen molar-refractivity contribution < 1.29 is 4.79 Å². The van der Waals surface area contributed by atoms with Crippen molar-refractivity contribution >= 4 is 17.5 Å². The highest BCUT2D eigenvalue weighted by molar-refractivity contribution is 6.04. The number of carbonyl (C=O) groups excluding carboxylic acids is 1. The van der Waals surface area contributed by atoms with Gasteiger partial charge in [0.25, 0.3) is 5.91 Å². The van der Waals surface area contributed by atoms with Gasteiger partial charge in [0.1, 0.15) is 0 Å². The molecule has 1 aromatic heterocycles. The lowest BCUT2D eigenvalue weighted by atomic mass is 10.1. The molecule has 0 aliphatic carbocycles. The summed E-state index contributed by atoms with van der Waals surface area (Å²) in [5, 5.41) is 2.96. The van der Waals surface area contributed by atoms with Crippen LogP contribution < -0.4 is 10.2 Å². The lowest BCUT2D eigenvalue weighted by molar-refractivity contribution is 0.102. The van der Waals surface area contributed by atoms with Crippen LogP contribution in [0.3, 0.4) is 0 Å². The number of nitrogens with zero attached hydrogens (tertiary/aromatic N) is 3. The van der Waals surface area contributed by atoms with E-state index in [1.165, 1.54) is 18.4 Å². The Kier molecular flexibility index (Phi) is 5.06. The number of carbonyl (C=O) groups is 1. The third-order valence-electron chi connectivity index (χ3n) is 5.27. The highest BCUT2D eigenvalue weighted by Crippen LogP contribution is 2.22. The molecule has 142 valence electrons. The Morgan fingerprint density at radius 1 is 0.893 bits per heavy atom. The SMILES string of the molecule is Cc1ccc(NC(=O)c2ccc(-c3cnc(N4CCCC4)nc3)cc2)cc1C. The Bertz CT molecular complexity index is 974. The third kappa shape index (κ3) is 3.88. The van der Waals surface area contributed by atoms with Gasteiger partial charge in [0.2, 0.25) is 5.95 Å². The number of benzene rings is 2. The minimum absolute atomic E-state index is 0.115. The predicted molar refractivity (Wildman–Crippen MR) is 113 cm³/mol. The van der Waals surface area contributed by atoms with Crippen molar-refractivity contribution in [3.05, 3.63) is 71.5 Å². The summed E-state index contributed by atoms with van der Waals surface area (Å²) < 4.78 is 0. The summed E-state index contributed by atoms with van der Waals surface area (Å²) in [6, 6.07) is 13.5. The van der Waals surface area contributed by atoms with Gasteiger partial charge in [0.05, 0.1) is 0 Å². The van der Waals surface area contributed by atoms with Crippen LogP contribution >= 0.6 is 0 Å². The average molecular weight is 372 g/mol. The van der Waals surface area contributed by atoms with E-state index in [-0.39, 0.29) is 5.91 Å². The molecule has 4 rings (SSSR count). The minimum Gasteiger partial charge on any atom is -0.341 e. The molecule has 0 atom stereocenters. The minimum atomic E-state index is -0.115. The maximum atomic E-state index is 12.5. The number of amides is 1. The van der Waals surface area contributed by atoms with Crippen molar-refractivity contribution in [1.29, 1.82) is 0 Å². The number of aromatic nitrogens is 2. The quantitative estimate of drug-likeness (QED) is 0.726. The van der Waals surface area contributed by atoms with E-state index in [0.717, 1.165) is 41.4 Å². The lowest BCUT2D eigenvalue weighted by Gasteiger charge is -2.14. The molecule has 5 heteroatoms. The van der Waals surface area contributed by atoms with Crippen molar-refractivity contribution in [2.24, 2.45) is 0 Å². The smallest absolute Gasteiger partial charge is 0.255 e. The van der Waals surface area contributed by atoms with Gasteiger partial charge in [-0.25, -0.2) is 9.97 Å². The van der Waals surface area contributed by atoms with Crippen LogP contribution in [-0.2, 0) is 0 Å². The maximum Gasteiger partial charge on any atom is 0.255 e. The normalized spacial score (nSPS) is 13.6. The van der Waals surface area contributed by atoms with E-state index >= 15 is 0 Å². The molecule has 1 N–H and O–H groups in total. The van der Waals surface area contributed by atoms with E-state index < -0.39 is 0 Å².